The molecule has 4 aliphatic heterocycles. The Kier molecular flexibility index (Phi) is 26.5. The van der Waals surface area contributed by atoms with Crippen LogP contribution in [0.2, 0.25) is 0 Å². The van der Waals surface area contributed by atoms with Crippen LogP contribution in [-0.4, -0.2) is 200 Å². The first kappa shape index (κ1) is 65.6. The Morgan fingerprint density at radius 1 is 0.886 bits per heavy atom. The second-order valence-electron chi connectivity index (χ2n) is 23.2. The predicted molar refractivity (Wildman–Crippen MR) is 295 cm³/mol. The van der Waals surface area contributed by atoms with Gasteiger partial charge in [0.15, 0.2) is 5.78 Å². The number of ketones is 3. The van der Waals surface area contributed by atoms with Crippen LogP contribution in [0.15, 0.2) is 47.6 Å². The summed E-state index contributed by atoms with van der Waals surface area (Å²) >= 11 is 0. The number of cyclic esters (lactones) is 1. The lowest BCUT2D eigenvalue weighted by molar-refractivity contribution is -0.266. The third-order valence-electron chi connectivity index (χ3n) is 17.0. The van der Waals surface area contributed by atoms with Crippen LogP contribution in [0.4, 0.5) is 4.79 Å². The number of hydrogen-bond acceptors (Lipinski definition) is 17. The first-order valence-electron chi connectivity index (χ1n) is 29.0. The molecule has 2 amide bonds. The molecule has 2 bridgehead atoms. The number of carbonyl (C=O) groups is 6. The molecule has 1 saturated carbocycles. The number of allylic oxidation sites excluding steroid dienone is 6. The minimum absolute atomic E-state index is 0.0249. The molecule has 1 aliphatic carbocycles. The molecule has 79 heavy (non-hydrogen) atoms. The lowest BCUT2D eigenvalue weighted by Crippen LogP contribution is -2.61. The van der Waals surface area contributed by atoms with E-state index in [1.165, 1.54) is 12.0 Å². The Bertz CT molecular complexity index is 2140. The fourth-order valence-electron chi connectivity index (χ4n) is 11.8. The summed E-state index contributed by atoms with van der Waals surface area (Å²) in [5.74, 6) is -8.57. The molecule has 0 spiro atoms. The third-order valence-corrected chi connectivity index (χ3v) is 17.0. The number of aliphatic hydroxyl groups excluding tert-OH is 2. The van der Waals surface area contributed by atoms with E-state index in [0.717, 1.165) is 18.7 Å². The number of amides is 2. The van der Waals surface area contributed by atoms with Gasteiger partial charge in [0.2, 0.25) is 5.79 Å². The molecule has 0 aromatic rings. The van der Waals surface area contributed by atoms with Gasteiger partial charge in [-0.25, -0.2) is 9.59 Å². The van der Waals surface area contributed by atoms with Crippen LogP contribution in [-0.2, 0) is 57.1 Å². The van der Waals surface area contributed by atoms with Crippen LogP contribution >= 0.6 is 0 Å². The van der Waals surface area contributed by atoms with Crippen LogP contribution in [0.1, 0.15) is 126 Å². The van der Waals surface area contributed by atoms with Crippen LogP contribution in [0.3, 0.4) is 0 Å². The number of carbonyl (C=O) groups excluding carboxylic acids is 6. The number of likely N-dealkylation sites (N-methyl/N-ethyl adjacent to an activating group) is 1. The van der Waals surface area contributed by atoms with E-state index in [1.807, 2.05) is 51.2 Å². The molecule has 3 saturated heterocycles. The van der Waals surface area contributed by atoms with Crippen molar-refractivity contribution < 1.29 is 77.2 Å². The highest BCUT2D eigenvalue weighted by atomic mass is 16.6. The summed E-state index contributed by atoms with van der Waals surface area (Å²) in [6.07, 6.45) is 9.58. The standard InChI is InChI=1S/C60H95N3O16/c1-38-16-12-11-13-17-39(2)50(76-31-28-64)36-46-21-19-44(7)60(72,79-46)56(68)57(69)63-23-15-14-18-47(63)58(70)77-51(37-48(65)40(3)33-43(6)54(67)55(74-10)53(66)42(5)32-38)41(4)34-45-20-22-49(52(35-45)73-9)78-59(71)61(8)24-25-62-26-29-75-30-27-62/h11-13,16-17,33,38,40-42,44-47,49-52,54-55,64,67,72H,14-15,18-32,34-37H2,1-10H3/b13-11+,16-12+,39-17+,43-33+/t38-,40?,41-,42-,44-,45+,46?,47+,49-,50?,51+,52-,54-,55+,60-/m1/s1. The maximum Gasteiger partial charge on any atom is 0.409 e. The topological polar surface area (TPSA) is 237 Å². The summed E-state index contributed by atoms with van der Waals surface area (Å²) < 4.78 is 41.6. The van der Waals surface area contributed by atoms with E-state index in [-0.39, 0.29) is 62.4 Å². The van der Waals surface area contributed by atoms with Gasteiger partial charge in [-0.3, -0.25) is 24.1 Å². The monoisotopic (exact) mass is 1110 g/mol. The highest BCUT2D eigenvalue weighted by molar-refractivity contribution is 6.39. The van der Waals surface area contributed by atoms with Crippen molar-refractivity contribution in [2.45, 2.75) is 180 Å². The largest absolute Gasteiger partial charge is 0.460 e. The highest BCUT2D eigenvalue weighted by Gasteiger charge is 2.53. The zero-order valence-corrected chi connectivity index (χ0v) is 48.9. The van der Waals surface area contributed by atoms with E-state index < -0.39 is 102 Å². The van der Waals surface area contributed by atoms with Gasteiger partial charge in [0.25, 0.3) is 11.7 Å². The fraction of sp³-hybridized carbons (Fsp3) is 0.767. The molecule has 5 aliphatic rings. The van der Waals surface area contributed by atoms with Crippen molar-refractivity contribution in [3.63, 3.8) is 0 Å². The molecule has 3 unspecified atom stereocenters. The van der Waals surface area contributed by atoms with Gasteiger partial charge in [0.05, 0.1) is 44.7 Å². The van der Waals surface area contributed by atoms with Crippen molar-refractivity contribution in [1.29, 1.82) is 0 Å². The SMILES string of the molecule is CO[C@@H]1C[C@H](C[C@@H](C)[C@@H]2CC(=O)C(C)/C=C(\C)[C@@H](O)[C@@H](OC)C(=O)[C@H](C)C[C@H](C)/C=C/C=C/C=C(\C)C(OCCO)CC3CC[C@@H](C)[C@@](O)(O3)C(=O)C(=O)N3CCCC[C@H]3C(=O)O2)CC[C@H]1OC(=O)N(C)CCN1CCOCC1. The Morgan fingerprint density at radius 2 is 1.62 bits per heavy atom. The quantitative estimate of drug-likeness (QED) is 0.116. The smallest absolute Gasteiger partial charge is 0.409 e. The third kappa shape index (κ3) is 18.7. The van der Waals surface area contributed by atoms with Crippen molar-refractivity contribution in [1.82, 2.24) is 14.7 Å². The molecule has 4 heterocycles. The number of nitrogens with zero attached hydrogens (tertiary/aromatic N) is 3. The molecular weight excluding hydrogens is 1020 g/mol. The van der Waals surface area contributed by atoms with Crippen LogP contribution in [0.5, 0.6) is 0 Å². The maximum atomic E-state index is 14.7. The number of methoxy groups -OCH3 is 2. The average Bonchev–Trinajstić information content (AvgIpc) is 3.45. The van der Waals surface area contributed by atoms with E-state index in [1.54, 1.807) is 52.8 Å². The van der Waals surface area contributed by atoms with E-state index in [4.69, 9.17) is 33.2 Å². The highest BCUT2D eigenvalue weighted by Crippen LogP contribution is 2.38. The molecule has 0 aromatic carbocycles. The minimum Gasteiger partial charge on any atom is -0.460 e. The molecular formula is C60H95N3O16. The van der Waals surface area contributed by atoms with Crippen molar-refractivity contribution in [3.8, 4) is 0 Å². The summed E-state index contributed by atoms with van der Waals surface area (Å²) in [5, 5.41) is 33.4. The first-order chi connectivity index (χ1) is 37.6. The van der Waals surface area contributed by atoms with Gasteiger partial charge >= 0.3 is 12.1 Å². The molecule has 5 rings (SSSR count). The zero-order chi connectivity index (χ0) is 58.0. The summed E-state index contributed by atoms with van der Waals surface area (Å²) in [6, 6.07) is -1.20. The maximum absolute atomic E-state index is 14.7. The van der Waals surface area contributed by atoms with Gasteiger partial charge in [-0.15, -0.1) is 0 Å². The van der Waals surface area contributed by atoms with Gasteiger partial charge in [0, 0.05) is 84.6 Å². The molecule has 0 radical (unpaired) electrons. The summed E-state index contributed by atoms with van der Waals surface area (Å²) in [5.41, 5.74) is 1.15. The summed E-state index contributed by atoms with van der Waals surface area (Å²) in [7, 11) is 4.68. The molecule has 0 aromatic heterocycles. The first-order valence-corrected chi connectivity index (χ1v) is 29.0. The lowest BCUT2D eigenvalue weighted by atomic mass is 9.78. The summed E-state index contributed by atoms with van der Waals surface area (Å²) in [4.78, 5) is 90.1. The average molecular weight is 1110 g/mol. The number of morpholine rings is 1. The minimum atomic E-state index is -2.51. The van der Waals surface area contributed by atoms with E-state index in [0.29, 0.717) is 89.7 Å². The Balaban J connectivity index is 1.42. The van der Waals surface area contributed by atoms with Crippen molar-refractivity contribution in [2.75, 3.05) is 80.4 Å². The van der Waals surface area contributed by atoms with Crippen molar-refractivity contribution >= 4 is 35.3 Å². The number of ether oxygens (including phenoxy) is 7. The number of piperidine rings is 1. The van der Waals surface area contributed by atoms with Gasteiger partial charge in [-0.1, -0.05) is 71.1 Å². The molecule has 3 N–H and O–H groups in total. The zero-order valence-electron chi connectivity index (χ0n) is 48.9. The molecule has 19 nitrogen and oxygen atoms in total. The van der Waals surface area contributed by atoms with Crippen LogP contribution < -0.4 is 0 Å². The number of fused-ring (bicyclic) bond motifs is 3. The Morgan fingerprint density at radius 3 is 2.32 bits per heavy atom. The molecule has 15 atom stereocenters. The van der Waals surface area contributed by atoms with Gasteiger partial charge in [-0.05, 0) is 107 Å². The second kappa shape index (κ2) is 31.9. The molecule has 446 valence electrons. The van der Waals surface area contributed by atoms with E-state index in [9.17, 15) is 44.1 Å². The van der Waals surface area contributed by atoms with E-state index >= 15 is 0 Å². The molecule has 4 fully saturated rings. The van der Waals surface area contributed by atoms with E-state index in [2.05, 4.69) is 4.90 Å². The van der Waals surface area contributed by atoms with Crippen LogP contribution in [0.25, 0.3) is 0 Å². The van der Waals surface area contributed by atoms with Gasteiger partial charge in [-0.2, -0.15) is 0 Å². The summed E-state index contributed by atoms with van der Waals surface area (Å²) in [6.45, 7) is 16.5. The number of Topliss-reactive ketones (excluding diaryl/α,β-unsaturated/α-hetero) is 3. The Labute approximate surface area is 469 Å². The number of rotatable bonds is 12. The second-order valence-corrected chi connectivity index (χ2v) is 23.2. The Hall–Kier alpha value is -4.18. The predicted octanol–water partition coefficient (Wildman–Crippen LogP) is 5.95. The molecule has 19 heteroatoms. The lowest BCUT2D eigenvalue weighted by Gasteiger charge is -2.43. The van der Waals surface area contributed by atoms with Gasteiger partial charge in [0.1, 0.15) is 36.2 Å². The normalized spacial score (nSPS) is 36.6. The number of aliphatic hydroxyl groups is 3. The van der Waals surface area contributed by atoms with Crippen molar-refractivity contribution in [3.05, 3.63) is 47.6 Å². The number of esters is 1. The number of hydrogen-bond donors (Lipinski definition) is 3. The van der Waals surface area contributed by atoms with Crippen molar-refractivity contribution in [2.24, 2.45) is 35.5 Å². The van der Waals surface area contributed by atoms with Crippen LogP contribution in [0, 0.1) is 35.5 Å². The fourth-order valence-corrected chi connectivity index (χ4v) is 11.8. The van der Waals surface area contributed by atoms with Gasteiger partial charge < -0.3 is 58.3 Å².